The zero-order valence-electron chi connectivity index (χ0n) is 4.26. The van der Waals surface area contributed by atoms with Crippen LogP contribution in [0.25, 0.3) is 0 Å². The van der Waals surface area contributed by atoms with E-state index in [1.54, 1.807) is 0 Å². The first kappa shape index (κ1) is 6.90. The van der Waals surface area contributed by atoms with Crippen molar-refractivity contribution >= 4 is 24.9 Å². The van der Waals surface area contributed by atoms with E-state index in [9.17, 15) is 9.59 Å². The summed E-state index contributed by atoms with van der Waals surface area (Å²) in [6, 6.07) is 0. The molecule has 0 unspecified atom stereocenters. The predicted octanol–water partition coefficient (Wildman–Crippen LogP) is -0.216. The van der Waals surface area contributed by atoms with Crippen molar-refractivity contribution in [1.82, 2.24) is 0 Å². The second-order valence-electron chi connectivity index (χ2n) is 1.15. The summed E-state index contributed by atoms with van der Waals surface area (Å²) in [5.74, 6) is 0. The van der Waals surface area contributed by atoms with Crippen molar-refractivity contribution < 1.29 is 9.59 Å². The van der Waals surface area contributed by atoms with Gasteiger partial charge in [0, 0.05) is 0 Å². The van der Waals surface area contributed by atoms with Gasteiger partial charge in [-0.15, -0.1) is 0 Å². The summed E-state index contributed by atoms with van der Waals surface area (Å²) >= 11 is -0.646. The predicted molar refractivity (Wildman–Crippen MR) is 27.1 cm³/mol. The number of rotatable bonds is 2. The Kier molecular flexibility index (Phi) is 2.93. The quantitative estimate of drug-likeness (QED) is 0.525. The van der Waals surface area contributed by atoms with E-state index < -0.39 is 15.8 Å². The van der Waals surface area contributed by atoms with Crippen LogP contribution in [0.1, 0.15) is 13.8 Å². The zero-order chi connectivity index (χ0) is 5.86. The van der Waals surface area contributed by atoms with Gasteiger partial charge < -0.3 is 0 Å². The van der Waals surface area contributed by atoms with E-state index in [1.165, 1.54) is 13.8 Å². The Morgan fingerprint density at radius 1 is 1.14 bits per heavy atom. The van der Waals surface area contributed by atoms with Crippen molar-refractivity contribution in [3.05, 3.63) is 0 Å². The van der Waals surface area contributed by atoms with Crippen molar-refractivity contribution in [3.8, 4) is 0 Å². The minimum atomic E-state index is -0.646. The molecule has 0 heterocycles. The molecule has 0 spiro atoms. The SMILES string of the molecule is CC(=O)[As]C(C)=O. The Morgan fingerprint density at radius 3 is 1.43 bits per heavy atom. The van der Waals surface area contributed by atoms with Gasteiger partial charge in [0.1, 0.15) is 0 Å². The summed E-state index contributed by atoms with van der Waals surface area (Å²) in [5.41, 5.74) is 0. The van der Waals surface area contributed by atoms with Crippen LogP contribution in [0.15, 0.2) is 0 Å². The Labute approximate surface area is 49.0 Å². The second-order valence-corrected chi connectivity index (χ2v) is 4.26. The first-order chi connectivity index (χ1) is 3.13. The molecule has 0 aromatic carbocycles. The molecule has 0 bridgehead atoms. The van der Waals surface area contributed by atoms with Gasteiger partial charge in [0.25, 0.3) is 0 Å². The van der Waals surface area contributed by atoms with Gasteiger partial charge in [-0.1, -0.05) is 0 Å². The van der Waals surface area contributed by atoms with Gasteiger partial charge in [-0.05, 0) is 0 Å². The van der Waals surface area contributed by atoms with E-state index in [0.717, 1.165) is 0 Å². The van der Waals surface area contributed by atoms with Crippen LogP contribution in [0.4, 0.5) is 0 Å². The molecule has 0 aliphatic rings. The van der Waals surface area contributed by atoms with Crippen molar-refractivity contribution in [1.29, 1.82) is 0 Å². The molecule has 0 aromatic rings. The van der Waals surface area contributed by atoms with Crippen LogP contribution in [0.2, 0.25) is 0 Å². The van der Waals surface area contributed by atoms with E-state index in [1.807, 2.05) is 0 Å². The third-order valence-electron chi connectivity index (χ3n) is 0.315. The van der Waals surface area contributed by atoms with Crippen molar-refractivity contribution in [3.63, 3.8) is 0 Å². The van der Waals surface area contributed by atoms with Gasteiger partial charge in [-0.2, -0.15) is 0 Å². The molecule has 7 heavy (non-hydrogen) atoms. The minimum absolute atomic E-state index is 0.0313. The van der Waals surface area contributed by atoms with Crippen LogP contribution in [-0.4, -0.2) is 24.9 Å². The molecule has 0 atom stereocenters. The first-order valence-corrected chi connectivity index (χ1v) is 3.73. The first-order valence-electron chi connectivity index (χ1n) is 1.86. The molecule has 0 aliphatic heterocycles. The van der Waals surface area contributed by atoms with Crippen molar-refractivity contribution in [2.24, 2.45) is 0 Å². The zero-order valence-corrected chi connectivity index (χ0v) is 6.14. The molecular weight excluding hydrogens is 155 g/mol. The van der Waals surface area contributed by atoms with Crippen LogP contribution in [-0.2, 0) is 9.59 Å². The molecule has 0 aromatic heterocycles. The maximum atomic E-state index is 10.1. The Bertz CT molecular complexity index is 85.9. The van der Waals surface area contributed by atoms with Gasteiger partial charge in [0.05, 0.1) is 0 Å². The molecule has 0 rings (SSSR count). The molecule has 0 fully saturated rings. The van der Waals surface area contributed by atoms with E-state index in [-0.39, 0.29) is 9.14 Å². The van der Waals surface area contributed by atoms with Gasteiger partial charge in [-0.3, -0.25) is 0 Å². The van der Waals surface area contributed by atoms with Crippen molar-refractivity contribution in [2.45, 2.75) is 13.8 Å². The standard InChI is InChI=1S/C4H6AsO2/c1-3(6)5-4(2)7/h1-2H3. The number of hydrogen-bond acceptors (Lipinski definition) is 2. The molecular formula is C4H6AsO2. The number of carbonyl (C=O) groups is 2. The van der Waals surface area contributed by atoms with Crippen LogP contribution < -0.4 is 0 Å². The average molecular weight is 161 g/mol. The monoisotopic (exact) mass is 161 g/mol. The molecule has 3 heteroatoms. The number of carbonyl (C=O) groups excluding carboxylic acids is 2. The van der Waals surface area contributed by atoms with Gasteiger partial charge in [0.15, 0.2) is 0 Å². The summed E-state index contributed by atoms with van der Waals surface area (Å²) in [6.45, 7) is 2.89. The Balaban J connectivity index is 3.32. The van der Waals surface area contributed by atoms with E-state index in [0.29, 0.717) is 0 Å². The van der Waals surface area contributed by atoms with Gasteiger partial charge in [0.2, 0.25) is 0 Å². The molecule has 39 valence electrons. The summed E-state index contributed by atoms with van der Waals surface area (Å²) in [5, 5.41) is 0. The summed E-state index contributed by atoms with van der Waals surface area (Å²) in [4.78, 5) is 20.2. The van der Waals surface area contributed by atoms with Crippen LogP contribution in [0.3, 0.4) is 0 Å². The normalized spacial score (nSPS) is 8.29. The van der Waals surface area contributed by atoms with Gasteiger partial charge >= 0.3 is 48.3 Å². The maximum absolute atomic E-state index is 10.1. The fourth-order valence-electron chi connectivity index (χ4n) is 0.222. The Morgan fingerprint density at radius 2 is 1.43 bits per heavy atom. The second kappa shape index (κ2) is 2.97. The third kappa shape index (κ3) is 5.90. The van der Waals surface area contributed by atoms with Gasteiger partial charge in [-0.25, -0.2) is 0 Å². The van der Waals surface area contributed by atoms with Crippen LogP contribution in [0, 0.1) is 0 Å². The third-order valence-corrected chi connectivity index (χ3v) is 1.64. The Hall–Kier alpha value is -0.102. The molecule has 0 N–H and O–H groups in total. The molecule has 0 aliphatic carbocycles. The summed E-state index contributed by atoms with van der Waals surface area (Å²) < 4.78 is 0.0625. The fraction of sp³-hybridized carbons (Fsp3) is 0.500. The van der Waals surface area contributed by atoms with Crippen LogP contribution in [0.5, 0.6) is 0 Å². The summed E-state index contributed by atoms with van der Waals surface area (Å²) in [6.07, 6.45) is 0. The molecule has 0 saturated carbocycles. The molecule has 0 amide bonds. The fourth-order valence-corrected chi connectivity index (χ4v) is 1.15. The van der Waals surface area contributed by atoms with Crippen molar-refractivity contribution in [2.75, 3.05) is 0 Å². The average Bonchev–Trinajstić information content (AvgIpc) is 1.27. The van der Waals surface area contributed by atoms with E-state index in [4.69, 9.17) is 0 Å². The molecule has 1 radical (unpaired) electrons. The molecule has 2 nitrogen and oxygen atoms in total. The van der Waals surface area contributed by atoms with Crippen LogP contribution >= 0.6 is 0 Å². The topological polar surface area (TPSA) is 34.1 Å². The van der Waals surface area contributed by atoms with E-state index in [2.05, 4.69) is 0 Å². The molecule has 0 saturated heterocycles. The number of hydrogen-bond donors (Lipinski definition) is 0. The summed E-state index contributed by atoms with van der Waals surface area (Å²) in [7, 11) is 0. The van der Waals surface area contributed by atoms with E-state index >= 15 is 0 Å².